The largest absolute Gasteiger partial charge is 0.372 e. The zero-order chi connectivity index (χ0) is 10.4. The van der Waals surface area contributed by atoms with E-state index in [1.165, 1.54) is 12.8 Å². The molecule has 1 heterocycles. The molecule has 1 fully saturated rings. The highest BCUT2D eigenvalue weighted by atomic mass is 16.5. The Bertz CT molecular complexity index is 179. The molecule has 1 amide bonds. The van der Waals surface area contributed by atoms with E-state index >= 15 is 0 Å². The molecule has 1 aliphatic heterocycles. The lowest BCUT2D eigenvalue weighted by molar-refractivity contribution is -0.130. The fraction of sp³-hybridized carbons (Fsp3) is 0.900. The molecule has 2 atom stereocenters. The maximum absolute atomic E-state index is 11.4. The second kappa shape index (κ2) is 5.98. The number of nitrogens with one attached hydrogen (secondary N) is 2. The van der Waals surface area contributed by atoms with Gasteiger partial charge in [0.05, 0.1) is 0 Å². The predicted octanol–water partition coefficient (Wildman–Crippen LogP) is 0.280. The minimum atomic E-state index is -0.349. The summed E-state index contributed by atoms with van der Waals surface area (Å²) in [5, 5.41) is 6.25. The van der Waals surface area contributed by atoms with Crippen LogP contribution in [-0.2, 0) is 9.53 Å². The van der Waals surface area contributed by atoms with Crippen molar-refractivity contribution >= 4 is 5.91 Å². The summed E-state index contributed by atoms with van der Waals surface area (Å²) in [6, 6.07) is 0.441. The molecule has 2 N–H and O–H groups in total. The van der Waals surface area contributed by atoms with E-state index in [-0.39, 0.29) is 12.0 Å². The fourth-order valence-electron chi connectivity index (χ4n) is 1.57. The average Bonchev–Trinajstić information content (AvgIpc) is 2.26. The van der Waals surface area contributed by atoms with E-state index in [1.807, 2.05) is 0 Å². The van der Waals surface area contributed by atoms with Crippen molar-refractivity contribution in [2.45, 2.75) is 38.3 Å². The Kier molecular flexibility index (Phi) is 4.90. The lowest BCUT2D eigenvalue weighted by Gasteiger charge is -2.24. The lowest BCUT2D eigenvalue weighted by Crippen LogP contribution is -2.45. The van der Waals surface area contributed by atoms with Crippen LogP contribution in [0.25, 0.3) is 0 Å². The number of hydrogen-bond donors (Lipinski definition) is 2. The first-order chi connectivity index (χ1) is 6.74. The highest BCUT2D eigenvalue weighted by Crippen LogP contribution is 2.05. The lowest BCUT2D eigenvalue weighted by atomic mass is 10.1. The predicted molar refractivity (Wildman–Crippen MR) is 55.1 cm³/mol. The van der Waals surface area contributed by atoms with Crippen LogP contribution < -0.4 is 10.6 Å². The van der Waals surface area contributed by atoms with Gasteiger partial charge in [-0.2, -0.15) is 0 Å². The topological polar surface area (TPSA) is 50.4 Å². The van der Waals surface area contributed by atoms with Crippen molar-refractivity contribution in [1.82, 2.24) is 10.6 Å². The van der Waals surface area contributed by atoms with Gasteiger partial charge in [-0.3, -0.25) is 4.79 Å². The zero-order valence-electron chi connectivity index (χ0n) is 9.01. The van der Waals surface area contributed by atoms with Crippen molar-refractivity contribution in [1.29, 1.82) is 0 Å². The molecular weight excluding hydrogens is 180 g/mol. The van der Waals surface area contributed by atoms with Crippen molar-refractivity contribution in [2.75, 3.05) is 20.2 Å². The summed E-state index contributed by atoms with van der Waals surface area (Å²) in [6.07, 6.45) is 3.31. The van der Waals surface area contributed by atoms with Gasteiger partial charge in [0, 0.05) is 19.7 Å². The van der Waals surface area contributed by atoms with E-state index in [0.717, 1.165) is 13.0 Å². The third-order valence-corrected chi connectivity index (χ3v) is 2.66. The van der Waals surface area contributed by atoms with Crippen LogP contribution in [0.1, 0.15) is 26.2 Å². The molecular formula is C10H20N2O2. The van der Waals surface area contributed by atoms with Gasteiger partial charge in [0.2, 0.25) is 5.91 Å². The van der Waals surface area contributed by atoms with Crippen LogP contribution in [0.2, 0.25) is 0 Å². The van der Waals surface area contributed by atoms with E-state index in [0.29, 0.717) is 12.6 Å². The van der Waals surface area contributed by atoms with Gasteiger partial charge in [0.15, 0.2) is 0 Å². The van der Waals surface area contributed by atoms with Crippen molar-refractivity contribution in [3.05, 3.63) is 0 Å². The van der Waals surface area contributed by atoms with Gasteiger partial charge in [-0.05, 0) is 26.3 Å². The third kappa shape index (κ3) is 3.64. The van der Waals surface area contributed by atoms with Crippen molar-refractivity contribution < 1.29 is 9.53 Å². The Morgan fingerprint density at radius 2 is 2.43 bits per heavy atom. The highest BCUT2D eigenvalue weighted by molar-refractivity contribution is 5.80. The fourth-order valence-corrected chi connectivity index (χ4v) is 1.57. The molecule has 82 valence electrons. The van der Waals surface area contributed by atoms with Crippen LogP contribution >= 0.6 is 0 Å². The normalized spacial score (nSPS) is 24.3. The maximum Gasteiger partial charge on any atom is 0.248 e. The molecule has 2 unspecified atom stereocenters. The molecule has 1 aliphatic rings. The van der Waals surface area contributed by atoms with Gasteiger partial charge in [-0.25, -0.2) is 0 Å². The summed E-state index contributed by atoms with van der Waals surface area (Å²) in [5.41, 5.74) is 0. The van der Waals surface area contributed by atoms with E-state index in [1.54, 1.807) is 14.0 Å². The van der Waals surface area contributed by atoms with E-state index in [2.05, 4.69) is 10.6 Å². The summed E-state index contributed by atoms with van der Waals surface area (Å²) >= 11 is 0. The minimum Gasteiger partial charge on any atom is -0.372 e. The first-order valence-electron chi connectivity index (χ1n) is 5.28. The molecule has 0 aliphatic carbocycles. The molecule has 0 radical (unpaired) electrons. The quantitative estimate of drug-likeness (QED) is 0.685. The molecule has 0 aromatic heterocycles. The number of amides is 1. The summed E-state index contributed by atoms with van der Waals surface area (Å²) in [4.78, 5) is 11.4. The molecule has 0 aromatic rings. The summed E-state index contributed by atoms with van der Waals surface area (Å²) in [6.45, 7) is 3.54. The Labute approximate surface area is 85.4 Å². The summed E-state index contributed by atoms with van der Waals surface area (Å²) in [5.74, 6) is -0.0279. The van der Waals surface area contributed by atoms with Gasteiger partial charge >= 0.3 is 0 Å². The number of methoxy groups -OCH3 is 1. The number of piperidine rings is 1. The molecule has 4 nitrogen and oxygen atoms in total. The first kappa shape index (κ1) is 11.5. The number of carbonyl (C=O) groups excluding carboxylic acids is 1. The smallest absolute Gasteiger partial charge is 0.248 e. The van der Waals surface area contributed by atoms with E-state index in [4.69, 9.17) is 4.74 Å². The van der Waals surface area contributed by atoms with Gasteiger partial charge in [-0.15, -0.1) is 0 Å². The standard InChI is InChI=1S/C10H20N2O2/c1-8(14-2)10(13)12-7-9-5-3-4-6-11-9/h8-9,11H,3-7H2,1-2H3,(H,12,13). The van der Waals surface area contributed by atoms with Crippen molar-refractivity contribution in [3.63, 3.8) is 0 Å². The van der Waals surface area contributed by atoms with E-state index < -0.39 is 0 Å². The first-order valence-corrected chi connectivity index (χ1v) is 5.28. The summed E-state index contributed by atoms with van der Waals surface area (Å²) in [7, 11) is 1.54. The number of rotatable bonds is 4. The Hall–Kier alpha value is -0.610. The van der Waals surface area contributed by atoms with Gasteiger partial charge in [-0.1, -0.05) is 6.42 Å². The molecule has 0 bridgehead atoms. The molecule has 0 saturated carbocycles. The highest BCUT2D eigenvalue weighted by Gasteiger charge is 2.15. The monoisotopic (exact) mass is 200 g/mol. The van der Waals surface area contributed by atoms with Crippen LogP contribution in [0.3, 0.4) is 0 Å². The summed E-state index contributed by atoms with van der Waals surface area (Å²) < 4.78 is 4.92. The van der Waals surface area contributed by atoms with Gasteiger partial charge < -0.3 is 15.4 Å². The third-order valence-electron chi connectivity index (χ3n) is 2.66. The Morgan fingerprint density at radius 1 is 1.64 bits per heavy atom. The average molecular weight is 200 g/mol. The molecule has 4 heteroatoms. The van der Waals surface area contributed by atoms with Gasteiger partial charge in [0.1, 0.15) is 6.10 Å². The van der Waals surface area contributed by atoms with Crippen LogP contribution in [0, 0.1) is 0 Å². The molecule has 0 aromatic carbocycles. The number of carbonyl (C=O) groups is 1. The number of ether oxygens (including phenoxy) is 1. The van der Waals surface area contributed by atoms with Crippen molar-refractivity contribution in [3.8, 4) is 0 Å². The SMILES string of the molecule is COC(C)C(=O)NCC1CCCCN1. The molecule has 14 heavy (non-hydrogen) atoms. The van der Waals surface area contributed by atoms with Crippen LogP contribution in [-0.4, -0.2) is 38.3 Å². The minimum absolute atomic E-state index is 0.0279. The van der Waals surface area contributed by atoms with Crippen LogP contribution in [0.15, 0.2) is 0 Å². The van der Waals surface area contributed by atoms with Crippen molar-refractivity contribution in [2.24, 2.45) is 0 Å². The zero-order valence-corrected chi connectivity index (χ0v) is 9.01. The second-order valence-corrected chi connectivity index (χ2v) is 3.77. The second-order valence-electron chi connectivity index (χ2n) is 3.77. The van der Waals surface area contributed by atoms with E-state index in [9.17, 15) is 4.79 Å². The molecule has 0 spiro atoms. The maximum atomic E-state index is 11.4. The Morgan fingerprint density at radius 3 is 3.00 bits per heavy atom. The molecule has 1 rings (SSSR count). The Balaban J connectivity index is 2.15. The van der Waals surface area contributed by atoms with Gasteiger partial charge in [0.25, 0.3) is 0 Å². The number of hydrogen-bond acceptors (Lipinski definition) is 3. The van der Waals surface area contributed by atoms with Crippen LogP contribution in [0.4, 0.5) is 0 Å². The molecule has 1 saturated heterocycles. The van der Waals surface area contributed by atoms with Crippen LogP contribution in [0.5, 0.6) is 0 Å².